The number of hydrogen-bond acceptors (Lipinski definition) is 3. The first-order valence-electron chi connectivity index (χ1n) is 8.48. The van der Waals surface area contributed by atoms with Crippen LogP contribution in [0.2, 0.25) is 0 Å². The molecule has 1 fully saturated rings. The van der Waals surface area contributed by atoms with E-state index >= 15 is 0 Å². The van der Waals surface area contributed by atoms with Crippen molar-refractivity contribution in [3.63, 3.8) is 0 Å². The van der Waals surface area contributed by atoms with Crippen LogP contribution >= 0.6 is 11.3 Å². The second kappa shape index (κ2) is 6.43. The number of halogens is 3. The van der Waals surface area contributed by atoms with E-state index < -0.39 is 17.5 Å². The zero-order valence-electron chi connectivity index (χ0n) is 14.1. The Kier molecular flexibility index (Phi) is 4.23. The molecule has 0 spiro atoms. The summed E-state index contributed by atoms with van der Waals surface area (Å²) in [6.07, 6.45) is 3.82. The molecule has 0 amide bonds. The summed E-state index contributed by atoms with van der Waals surface area (Å²) in [6.45, 7) is 1.74. The van der Waals surface area contributed by atoms with E-state index in [-0.39, 0.29) is 22.6 Å². The molecule has 2 nitrogen and oxygen atoms in total. The van der Waals surface area contributed by atoms with Crippen molar-refractivity contribution in [3.05, 3.63) is 58.0 Å². The Morgan fingerprint density at radius 1 is 1.19 bits per heavy atom. The molecule has 0 saturated heterocycles. The normalized spacial score (nSPS) is 13.9. The number of hydrogen-bond donors (Lipinski definition) is 1. The summed E-state index contributed by atoms with van der Waals surface area (Å²) >= 11 is 1.15. The maximum Gasteiger partial charge on any atom is 0.155 e. The minimum Gasteiger partial charge on any atom is -0.506 e. The largest absolute Gasteiger partial charge is 0.506 e. The number of aliphatic hydroxyl groups is 1. The lowest BCUT2D eigenvalue weighted by Gasteiger charge is -2.19. The fourth-order valence-corrected chi connectivity index (χ4v) is 4.44. The molecular formula is C20H16F3NOS. The molecule has 1 saturated carbocycles. The van der Waals surface area contributed by atoms with Crippen LogP contribution in [0.5, 0.6) is 0 Å². The van der Waals surface area contributed by atoms with Gasteiger partial charge in [0.15, 0.2) is 11.6 Å². The van der Waals surface area contributed by atoms with E-state index in [1.165, 1.54) is 18.2 Å². The molecule has 1 aliphatic rings. The molecular weight excluding hydrogens is 359 g/mol. The number of benzene rings is 1. The number of pyridine rings is 1. The maximum atomic E-state index is 15.0. The van der Waals surface area contributed by atoms with E-state index in [4.69, 9.17) is 0 Å². The Hall–Kier alpha value is -2.34. The fraction of sp³-hybridized carbons (Fsp3) is 0.250. The number of allylic oxidation sites excluding steroid dienone is 1. The number of rotatable bonds is 3. The highest BCUT2D eigenvalue weighted by molar-refractivity contribution is 7.20. The molecule has 1 aromatic carbocycles. The molecule has 0 atom stereocenters. The topological polar surface area (TPSA) is 33.1 Å². The lowest BCUT2D eigenvalue weighted by atomic mass is 9.89. The third kappa shape index (κ3) is 2.60. The molecule has 2 heterocycles. The summed E-state index contributed by atoms with van der Waals surface area (Å²) in [4.78, 5) is 4.20. The first kappa shape index (κ1) is 17.1. The van der Waals surface area contributed by atoms with E-state index in [0.717, 1.165) is 42.4 Å². The molecule has 0 unspecified atom stereocenters. The summed E-state index contributed by atoms with van der Waals surface area (Å²) in [5.41, 5.74) is 1.08. The molecule has 1 aliphatic carbocycles. The average Bonchev–Trinajstić information content (AvgIpc) is 2.92. The number of aliphatic hydroxyl groups excluding tert-OH is 1. The highest BCUT2D eigenvalue weighted by Gasteiger charge is 2.27. The second-order valence-corrected chi connectivity index (χ2v) is 7.40. The van der Waals surface area contributed by atoms with Crippen LogP contribution < -0.4 is 0 Å². The Morgan fingerprint density at radius 2 is 1.96 bits per heavy atom. The Labute approximate surface area is 152 Å². The lowest BCUT2D eigenvalue weighted by molar-refractivity contribution is 0.488. The van der Waals surface area contributed by atoms with E-state index in [1.54, 1.807) is 6.92 Å². The van der Waals surface area contributed by atoms with Gasteiger partial charge in [0.1, 0.15) is 11.6 Å². The fourth-order valence-electron chi connectivity index (χ4n) is 3.22. The van der Waals surface area contributed by atoms with Crippen LogP contribution in [0.15, 0.2) is 30.0 Å². The van der Waals surface area contributed by atoms with Crippen LogP contribution in [0, 0.1) is 17.5 Å². The van der Waals surface area contributed by atoms with Crippen molar-refractivity contribution < 1.29 is 18.3 Å². The first-order chi connectivity index (χ1) is 12.5. The number of nitrogens with zero attached hydrogens (tertiary/aromatic N) is 1. The minimum atomic E-state index is -0.795. The van der Waals surface area contributed by atoms with Crippen molar-refractivity contribution in [1.29, 1.82) is 0 Å². The van der Waals surface area contributed by atoms with E-state index in [1.807, 2.05) is 0 Å². The van der Waals surface area contributed by atoms with Gasteiger partial charge < -0.3 is 5.11 Å². The molecule has 0 aliphatic heterocycles. The highest BCUT2D eigenvalue weighted by Crippen LogP contribution is 2.46. The van der Waals surface area contributed by atoms with Gasteiger partial charge in [-0.05, 0) is 49.5 Å². The maximum absolute atomic E-state index is 15.0. The van der Waals surface area contributed by atoms with Crippen molar-refractivity contribution in [1.82, 2.24) is 4.98 Å². The summed E-state index contributed by atoms with van der Waals surface area (Å²) in [7, 11) is 0. The molecule has 134 valence electrons. The van der Waals surface area contributed by atoms with Crippen LogP contribution in [-0.4, -0.2) is 10.1 Å². The molecule has 0 bridgehead atoms. The summed E-state index contributed by atoms with van der Waals surface area (Å²) in [5.74, 6) is -1.90. The SMILES string of the molecule is CCc1ncc(F)c(-c2c(C(O)=C3CCC3)sc3cc(F)ccc23)c1F. The summed E-state index contributed by atoms with van der Waals surface area (Å²) in [6, 6.07) is 4.08. The van der Waals surface area contributed by atoms with E-state index in [9.17, 15) is 18.3 Å². The molecule has 0 radical (unpaired) electrons. The monoisotopic (exact) mass is 375 g/mol. The molecule has 6 heteroatoms. The highest BCUT2D eigenvalue weighted by atomic mass is 32.1. The number of thiophene rings is 1. The minimum absolute atomic E-state index is 0.0570. The summed E-state index contributed by atoms with van der Waals surface area (Å²) in [5, 5.41) is 11.2. The third-order valence-electron chi connectivity index (χ3n) is 4.79. The van der Waals surface area contributed by atoms with Gasteiger partial charge in [0.2, 0.25) is 0 Å². The van der Waals surface area contributed by atoms with Crippen molar-refractivity contribution in [2.45, 2.75) is 32.6 Å². The standard InChI is InChI=1S/C20H16F3NOS/c1-2-14-18(23)17(13(22)9-24-14)16-12-7-6-11(21)8-15(12)26-20(16)19(25)10-4-3-5-10/h6-9,25H,2-5H2,1H3. The Bertz CT molecular complexity index is 1050. The molecule has 26 heavy (non-hydrogen) atoms. The second-order valence-electron chi connectivity index (χ2n) is 6.35. The predicted octanol–water partition coefficient (Wildman–Crippen LogP) is 6.40. The summed E-state index contributed by atoms with van der Waals surface area (Å²) < 4.78 is 43.8. The first-order valence-corrected chi connectivity index (χ1v) is 9.29. The van der Waals surface area contributed by atoms with Crippen LogP contribution in [-0.2, 0) is 6.42 Å². The lowest BCUT2D eigenvalue weighted by Crippen LogP contribution is -2.03. The zero-order chi connectivity index (χ0) is 18.4. The zero-order valence-corrected chi connectivity index (χ0v) is 14.9. The number of aryl methyl sites for hydroxylation is 1. The van der Waals surface area contributed by atoms with Gasteiger partial charge in [-0.25, -0.2) is 13.2 Å². The van der Waals surface area contributed by atoms with Crippen molar-refractivity contribution in [3.8, 4) is 11.1 Å². The van der Waals surface area contributed by atoms with Crippen LogP contribution in [0.1, 0.15) is 36.8 Å². The van der Waals surface area contributed by atoms with Gasteiger partial charge in [0.05, 0.1) is 22.3 Å². The van der Waals surface area contributed by atoms with Crippen molar-refractivity contribution >= 4 is 27.2 Å². The Balaban J connectivity index is 2.09. The van der Waals surface area contributed by atoms with Gasteiger partial charge in [-0.2, -0.15) is 0 Å². The van der Waals surface area contributed by atoms with Gasteiger partial charge in [-0.15, -0.1) is 11.3 Å². The van der Waals surface area contributed by atoms with E-state index in [2.05, 4.69) is 4.98 Å². The van der Waals surface area contributed by atoms with Crippen molar-refractivity contribution in [2.24, 2.45) is 0 Å². The molecule has 2 aromatic heterocycles. The van der Waals surface area contributed by atoms with Crippen molar-refractivity contribution in [2.75, 3.05) is 0 Å². The average molecular weight is 375 g/mol. The van der Waals surface area contributed by atoms with Crippen LogP contribution in [0.4, 0.5) is 13.2 Å². The van der Waals surface area contributed by atoms with Crippen LogP contribution in [0.3, 0.4) is 0 Å². The Morgan fingerprint density at radius 3 is 2.62 bits per heavy atom. The molecule has 1 N–H and O–H groups in total. The van der Waals surface area contributed by atoms with E-state index in [0.29, 0.717) is 21.4 Å². The number of aromatic nitrogens is 1. The van der Waals surface area contributed by atoms with Gasteiger partial charge in [0, 0.05) is 15.6 Å². The van der Waals surface area contributed by atoms with Crippen LogP contribution in [0.25, 0.3) is 27.0 Å². The third-order valence-corrected chi connectivity index (χ3v) is 5.95. The van der Waals surface area contributed by atoms with Gasteiger partial charge in [0.25, 0.3) is 0 Å². The van der Waals surface area contributed by atoms with Gasteiger partial charge >= 0.3 is 0 Å². The molecule has 4 rings (SSSR count). The predicted molar refractivity (Wildman–Crippen MR) is 97.7 cm³/mol. The van der Waals surface area contributed by atoms with Gasteiger partial charge in [-0.3, -0.25) is 4.98 Å². The number of fused-ring (bicyclic) bond motifs is 1. The quantitative estimate of drug-likeness (QED) is 0.538. The molecule has 3 aromatic rings. The smallest absolute Gasteiger partial charge is 0.155 e. The van der Waals surface area contributed by atoms with Gasteiger partial charge in [-0.1, -0.05) is 6.92 Å².